The Morgan fingerprint density at radius 3 is 2.30 bits per heavy atom. The number of pyridine rings is 1. The maximum atomic E-state index is 14.0. The summed E-state index contributed by atoms with van der Waals surface area (Å²) in [6.45, 7) is -0.00802. The highest BCUT2D eigenvalue weighted by atomic mass is 35.5. The summed E-state index contributed by atoms with van der Waals surface area (Å²) in [7, 11) is -1.03. The van der Waals surface area contributed by atoms with Gasteiger partial charge in [-0.15, -0.1) is 0 Å². The van der Waals surface area contributed by atoms with Gasteiger partial charge in [-0.3, -0.25) is 9.10 Å². The number of methoxy groups -OCH3 is 2. The Hall–Kier alpha value is -4.93. The van der Waals surface area contributed by atoms with Crippen LogP contribution in [0.5, 0.6) is 11.5 Å². The third-order valence-electron chi connectivity index (χ3n) is 6.61. The molecule has 218 valence electrons. The number of aromatic nitrogens is 1. The van der Waals surface area contributed by atoms with Gasteiger partial charge in [0.1, 0.15) is 16.7 Å². The smallest absolute Gasteiger partial charge is 0.273 e. The minimum atomic E-state index is -4.10. The van der Waals surface area contributed by atoms with Crippen molar-refractivity contribution in [1.82, 2.24) is 10.4 Å². The number of halogens is 1. The highest BCUT2D eigenvalue weighted by Gasteiger charge is 2.28. The standard InChI is InChI=1S/C32H27ClN4O5S/c1-41-25-14-16-27(17-15-25)43(39,40)37(21-22-8-4-3-5-9-22)30-11-7-6-10-28(30)32(38)36-34-20-24-18-23-12-13-26(42-2)19-29(23)35-31(24)33/h3-20H,21H2,1-2H3,(H,36,38)/b34-20-. The number of carbonyl (C=O) groups excluding carboxylic acids is 1. The van der Waals surface area contributed by atoms with Crippen LogP contribution in [0.4, 0.5) is 5.69 Å². The monoisotopic (exact) mass is 614 g/mol. The first-order valence-electron chi connectivity index (χ1n) is 13.1. The molecule has 1 aromatic heterocycles. The van der Waals surface area contributed by atoms with Crippen molar-refractivity contribution in [3.8, 4) is 11.5 Å². The maximum absolute atomic E-state index is 14.0. The Kier molecular flexibility index (Phi) is 8.89. The van der Waals surface area contributed by atoms with Crippen molar-refractivity contribution in [1.29, 1.82) is 0 Å². The number of nitrogens with one attached hydrogen (secondary N) is 1. The number of nitrogens with zero attached hydrogens (tertiary/aromatic N) is 3. The summed E-state index contributed by atoms with van der Waals surface area (Å²) in [4.78, 5) is 17.8. The number of para-hydroxylation sites is 1. The van der Waals surface area contributed by atoms with Gasteiger partial charge in [0.15, 0.2) is 0 Å². The number of sulfonamides is 1. The van der Waals surface area contributed by atoms with E-state index in [1.165, 1.54) is 29.8 Å². The second-order valence-corrected chi connectivity index (χ2v) is 11.5. The molecule has 0 spiro atoms. The van der Waals surface area contributed by atoms with Crippen LogP contribution in [-0.2, 0) is 16.6 Å². The van der Waals surface area contributed by atoms with E-state index in [-0.39, 0.29) is 27.8 Å². The molecular formula is C32H27ClN4O5S. The number of rotatable bonds is 10. The SMILES string of the molecule is COc1ccc(S(=O)(=O)N(Cc2ccccc2)c2ccccc2C(=O)N/N=C\c2cc3ccc(OC)cc3nc2Cl)cc1. The molecule has 0 aliphatic carbocycles. The molecule has 0 bridgehead atoms. The lowest BCUT2D eigenvalue weighted by Crippen LogP contribution is -2.33. The average Bonchev–Trinajstić information content (AvgIpc) is 3.04. The van der Waals surface area contributed by atoms with Gasteiger partial charge < -0.3 is 9.47 Å². The summed E-state index contributed by atoms with van der Waals surface area (Å²) in [6.07, 6.45) is 1.38. The second kappa shape index (κ2) is 12.9. The predicted octanol–water partition coefficient (Wildman–Crippen LogP) is 6.06. The van der Waals surface area contributed by atoms with Crippen molar-refractivity contribution in [2.75, 3.05) is 18.5 Å². The molecule has 0 aliphatic rings. The third kappa shape index (κ3) is 6.61. The number of amides is 1. The fourth-order valence-corrected chi connectivity index (χ4v) is 6.05. The molecule has 1 heterocycles. The Labute approximate surface area is 254 Å². The average molecular weight is 615 g/mol. The van der Waals surface area contributed by atoms with E-state index in [4.69, 9.17) is 21.1 Å². The number of hydrazone groups is 1. The van der Waals surface area contributed by atoms with Gasteiger partial charge in [0.05, 0.1) is 48.6 Å². The van der Waals surface area contributed by atoms with Crippen LogP contribution >= 0.6 is 11.6 Å². The lowest BCUT2D eigenvalue weighted by molar-refractivity contribution is 0.0955. The van der Waals surface area contributed by atoms with Crippen LogP contribution in [0.1, 0.15) is 21.5 Å². The zero-order chi connectivity index (χ0) is 30.4. The topological polar surface area (TPSA) is 110 Å². The molecule has 0 fully saturated rings. The van der Waals surface area contributed by atoms with Crippen molar-refractivity contribution >= 4 is 50.3 Å². The molecule has 0 saturated carbocycles. The zero-order valence-electron chi connectivity index (χ0n) is 23.3. The first kappa shape index (κ1) is 29.6. The summed E-state index contributed by atoms with van der Waals surface area (Å²) in [5.41, 5.74) is 4.67. The first-order chi connectivity index (χ1) is 20.8. The van der Waals surface area contributed by atoms with E-state index < -0.39 is 15.9 Å². The minimum absolute atomic E-state index is 0.00802. The predicted molar refractivity (Wildman–Crippen MR) is 168 cm³/mol. The van der Waals surface area contributed by atoms with Crippen LogP contribution in [0.2, 0.25) is 5.15 Å². The van der Waals surface area contributed by atoms with Gasteiger partial charge in [0.2, 0.25) is 0 Å². The van der Waals surface area contributed by atoms with E-state index in [1.54, 1.807) is 61.7 Å². The summed E-state index contributed by atoms with van der Waals surface area (Å²) in [5.74, 6) is 0.566. The van der Waals surface area contributed by atoms with E-state index in [0.717, 1.165) is 10.9 Å². The van der Waals surface area contributed by atoms with Gasteiger partial charge in [-0.2, -0.15) is 5.10 Å². The number of fused-ring (bicyclic) bond motifs is 1. The fourth-order valence-electron chi connectivity index (χ4n) is 4.38. The number of benzene rings is 4. The number of hydrogen-bond acceptors (Lipinski definition) is 7. The normalized spacial score (nSPS) is 11.4. The van der Waals surface area contributed by atoms with Crippen LogP contribution in [0.25, 0.3) is 10.9 Å². The molecule has 1 N–H and O–H groups in total. The van der Waals surface area contributed by atoms with Gasteiger partial charge in [-0.1, -0.05) is 54.1 Å². The summed E-state index contributed by atoms with van der Waals surface area (Å²) in [5, 5.41) is 5.09. The summed E-state index contributed by atoms with van der Waals surface area (Å²) < 4.78 is 39.6. The molecule has 0 radical (unpaired) electrons. The van der Waals surface area contributed by atoms with E-state index in [9.17, 15) is 13.2 Å². The molecular weight excluding hydrogens is 588 g/mol. The van der Waals surface area contributed by atoms with Crippen molar-refractivity contribution in [2.45, 2.75) is 11.4 Å². The van der Waals surface area contributed by atoms with Crippen molar-refractivity contribution in [3.63, 3.8) is 0 Å². The molecule has 0 unspecified atom stereocenters. The third-order valence-corrected chi connectivity index (χ3v) is 8.69. The Morgan fingerprint density at radius 2 is 1.58 bits per heavy atom. The summed E-state index contributed by atoms with van der Waals surface area (Å²) in [6, 6.07) is 28.9. The van der Waals surface area contributed by atoms with Crippen molar-refractivity contribution < 1.29 is 22.7 Å². The van der Waals surface area contributed by atoms with Crippen LogP contribution in [0, 0.1) is 0 Å². The van der Waals surface area contributed by atoms with Crippen molar-refractivity contribution in [3.05, 3.63) is 125 Å². The van der Waals surface area contributed by atoms with Crippen LogP contribution in [-0.4, -0.2) is 39.7 Å². The molecule has 0 saturated heterocycles. The van der Waals surface area contributed by atoms with Gasteiger partial charge in [-0.05, 0) is 60.2 Å². The molecule has 5 aromatic rings. The van der Waals surface area contributed by atoms with Gasteiger partial charge >= 0.3 is 0 Å². The summed E-state index contributed by atoms with van der Waals surface area (Å²) >= 11 is 6.37. The number of hydrogen-bond donors (Lipinski definition) is 1. The fraction of sp³-hybridized carbons (Fsp3) is 0.0938. The molecule has 11 heteroatoms. The molecule has 0 aliphatic heterocycles. The number of carbonyl (C=O) groups is 1. The zero-order valence-corrected chi connectivity index (χ0v) is 24.8. The quantitative estimate of drug-likeness (QED) is 0.116. The van der Waals surface area contributed by atoms with E-state index in [2.05, 4.69) is 15.5 Å². The second-order valence-electron chi connectivity index (χ2n) is 9.32. The van der Waals surface area contributed by atoms with Crippen molar-refractivity contribution in [2.24, 2.45) is 5.10 Å². The van der Waals surface area contributed by atoms with Crippen LogP contribution in [0.3, 0.4) is 0 Å². The van der Waals surface area contributed by atoms with Gasteiger partial charge in [-0.25, -0.2) is 18.8 Å². The lowest BCUT2D eigenvalue weighted by Gasteiger charge is -2.26. The van der Waals surface area contributed by atoms with E-state index in [0.29, 0.717) is 22.6 Å². The Bertz CT molecular complexity index is 1900. The molecule has 43 heavy (non-hydrogen) atoms. The van der Waals surface area contributed by atoms with Gasteiger partial charge in [0.25, 0.3) is 15.9 Å². The highest BCUT2D eigenvalue weighted by Crippen LogP contribution is 2.30. The highest BCUT2D eigenvalue weighted by molar-refractivity contribution is 7.92. The first-order valence-corrected chi connectivity index (χ1v) is 14.9. The van der Waals surface area contributed by atoms with Gasteiger partial charge in [0, 0.05) is 17.0 Å². The molecule has 0 atom stereocenters. The molecule has 4 aromatic carbocycles. The Morgan fingerprint density at radius 1 is 0.907 bits per heavy atom. The number of ether oxygens (including phenoxy) is 2. The largest absolute Gasteiger partial charge is 0.497 e. The van der Waals surface area contributed by atoms with E-state index >= 15 is 0 Å². The molecule has 5 rings (SSSR count). The molecule has 9 nitrogen and oxygen atoms in total. The number of anilines is 1. The minimum Gasteiger partial charge on any atom is -0.497 e. The lowest BCUT2D eigenvalue weighted by atomic mass is 10.1. The maximum Gasteiger partial charge on any atom is 0.273 e. The molecule has 1 amide bonds. The van der Waals surface area contributed by atoms with Crippen LogP contribution in [0.15, 0.2) is 113 Å². The Balaban J connectivity index is 1.46. The van der Waals surface area contributed by atoms with Crippen LogP contribution < -0.4 is 19.2 Å². The van der Waals surface area contributed by atoms with E-state index in [1.807, 2.05) is 36.4 Å².